The van der Waals surface area contributed by atoms with Gasteiger partial charge in [0.05, 0.1) is 11.7 Å². The van der Waals surface area contributed by atoms with Crippen molar-refractivity contribution in [3.8, 4) is 0 Å². The molecule has 0 spiro atoms. The summed E-state index contributed by atoms with van der Waals surface area (Å²) in [7, 11) is 0. The zero-order valence-electron chi connectivity index (χ0n) is 24.5. The summed E-state index contributed by atoms with van der Waals surface area (Å²) >= 11 is 0. The van der Waals surface area contributed by atoms with E-state index >= 15 is 0 Å². The number of nitrogens with one attached hydrogen (secondary N) is 2. The highest BCUT2D eigenvalue weighted by atomic mass is 19.1. The maximum Gasteiger partial charge on any atom is 0.338 e. The lowest BCUT2D eigenvalue weighted by Gasteiger charge is -2.25. The minimum absolute atomic E-state index is 0.0769. The normalized spacial score (nSPS) is 13.3. The summed E-state index contributed by atoms with van der Waals surface area (Å²) in [6.07, 6.45) is 0.881. The smallest absolute Gasteiger partial charge is 0.338 e. The number of carbonyl (C=O) groups is 2. The van der Waals surface area contributed by atoms with Crippen LogP contribution in [-0.2, 0) is 24.1 Å². The second-order valence-electron chi connectivity index (χ2n) is 10.7. The monoisotopic (exact) mass is 581 g/mol. The molecule has 1 amide bonds. The number of amides is 1. The first kappa shape index (κ1) is 32.8. The van der Waals surface area contributed by atoms with E-state index in [1.165, 1.54) is 23.8 Å². The number of ether oxygens (including phenoxy) is 1. The molecule has 0 fully saturated rings. The molecular weight excluding hydrogens is 540 g/mol. The number of halogens is 2. The van der Waals surface area contributed by atoms with Crippen molar-refractivity contribution in [2.45, 2.75) is 71.2 Å². The number of benzene rings is 3. The van der Waals surface area contributed by atoms with Crippen molar-refractivity contribution < 1.29 is 28.2 Å². The molecule has 0 aliphatic carbocycles. The number of carbonyl (C=O) groups excluding carboxylic acids is 2. The highest BCUT2D eigenvalue weighted by molar-refractivity contribution is 5.98. The standard InChI is InChI=1S/C33H41F2N3O4/c1-4-23-8-5-9-24(13-23)19-37-20-31(30(36)16-25-14-28(34)18-29(35)15-25)42-33(41)27-12-21(2)11-26(17-27)32(40)38-10-6-7-22(3)39/h5,8-9,11-15,17-18,22,30-31,37,39H,4,6-7,10,16,19-20,36H2,1-3H3,(H,38,40)/t22?,30?,31-/m1/s1. The van der Waals surface area contributed by atoms with E-state index in [4.69, 9.17) is 10.5 Å². The van der Waals surface area contributed by atoms with Gasteiger partial charge in [0.25, 0.3) is 5.91 Å². The quantitative estimate of drug-likeness (QED) is 0.154. The first-order valence-electron chi connectivity index (χ1n) is 14.3. The van der Waals surface area contributed by atoms with Crippen LogP contribution in [0.1, 0.15) is 69.7 Å². The lowest BCUT2D eigenvalue weighted by Crippen LogP contribution is -2.46. The van der Waals surface area contributed by atoms with Gasteiger partial charge in [-0.2, -0.15) is 0 Å². The Bertz CT molecular complexity index is 1330. The van der Waals surface area contributed by atoms with Gasteiger partial charge in [0, 0.05) is 37.3 Å². The number of aliphatic hydroxyl groups excluding tert-OH is 1. The van der Waals surface area contributed by atoms with E-state index in [-0.39, 0.29) is 24.4 Å². The van der Waals surface area contributed by atoms with Gasteiger partial charge < -0.3 is 26.2 Å². The van der Waals surface area contributed by atoms with E-state index in [9.17, 15) is 23.5 Å². The summed E-state index contributed by atoms with van der Waals surface area (Å²) in [6.45, 7) is 6.64. The van der Waals surface area contributed by atoms with Crippen LogP contribution in [-0.4, -0.2) is 48.3 Å². The Kier molecular flexibility index (Phi) is 12.6. The Morgan fingerprint density at radius 1 is 0.976 bits per heavy atom. The molecular formula is C33H41F2N3O4. The van der Waals surface area contributed by atoms with E-state index in [1.807, 2.05) is 18.2 Å². The molecule has 2 unspecified atom stereocenters. The molecule has 9 heteroatoms. The fourth-order valence-electron chi connectivity index (χ4n) is 4.67. The topological polar surface area (TPSA) is 114 Å². The van der Waals surface area contributed by atoms with E-state index in [1.54, 1.807) is 26.0 Å². The van der Waals surface area contributed by atoms with Crippen molar-refractivity contribution in [3.05, 3.63) is 106 Å². The van der Waals surface area contributed by atoms with Crippen LogP contribution in [0.4, 0.5) is 8.78 Å². The Morgan fingerprint density at radius 2 is 1.67 bits per heavy atom. The van der Waals surface area contributed by atoms with E-state index in [0.717, 1.165) is 18.1 Å². The molecule has 7 nitrogen and oxygen atoms in total. The van der Waals surface area contributed by atoms with Gasteiger partial charge in [-0.25, -0.2) is 13.6 Å². The number of aryl methyl sites for hydroxylation is 2. The second kappa shape index (κ2) is 16.1. The molecule has 3 atom stereocenters. The molecule has 0 saturated heterocycles. The van der Waals surface area contributed by atoms with Gasteiger partial charge in [-0.3, -0.25) is 4.79 Å². The van der Waals surface area contributed by atoms with Gasteiger partial charge >= 0.3 is 5.97 Å². The average molecular weight is 582 g/mol. The summed E-state index contributed by atoms with van der Waals surface area (Å²) in [5.74, 6) is -2.43. The molecule has 42 heavy (non-hydrogen) atoms. The minimum atomic E-state index is -0.837. The SMILES string of the molecule is CCc1cccc(CNC[C@@H](OC(=O)c2cc(C)cc(C(=O)NCCCC(C)O)c2)C(N)Cc2cc(F)cc(F)c2)c1. The highest BCUT2D eigenvalue weighted by Crippen LogP contribution is 2.16. The van der Waals surface area contributed by atoms with E-state index < -0.39 is 35.9 Å². The summed E-state index contributed by atoms with van der Waals surface area (Å²) in [6, 6.07) is 15.3. The number of aliphatic hydroxyl groups is 1. The molecule has 226 valence electrons. The average Bonchev–Trinajstić information content (AvgIpc) is 2.93. The molecule has 0 aromatic heterocycles. The van der Waals surface area contributed by atoms with Crippen molar-refractivity contribution in [2.24, 2.45) is 5.73 Å². The van der Waals surface area contributed by atoms with Crippen LogP contribution in [0.5, 0.6) is 0 Å². The number of esters is 1. The van der Waals surface area contributed by atoms with Gasteiger partial charge in [-0.1, -0.05) is 31.2 Å². The third-order valence-corrected chi connectivity index (χ3v) is 6.86. The Hall–Kier alpha value is -3.66. The highest BCUT2D eigenvalue weighted by Gasteiger charge is 2.24. The molecule has 3 aromatic carbocycles. The summed E-state index contributed by atoms with van der Waals surface area (Å²) < 4.78 is 33.5. The predicted molar refractivity (Wildman–Crippen MR) is 159 cm³/mol. The van der Waals surface area contributed by atoms with Crippen molar-refractivity contribution in [2.75, 3.05) is 13.1 Å². The number of rotatable bonds is 15. The van der Waals surface area contributed by atoms with Crippen molar-refractivity contribution in [1.29, 1.82) is 0 Å². The molecule has 0 heterocycles. The lowest BCUT2D eigenvalue weighted by molar-refractivity contribution is 0.0238. The van der Waals surface area contributed by atoms with Gasteiger partial charge in [-0.05, 0) is 92.1 Å². The Morgan fingerprint density at radius 3 is 2.36 bits per heavy atom. The second-order valence-corrected chi connectivity index (χ2v) is 10.7. The Balaban J connectivity index is 1.74. The van der Waals surface area contributed by atoms with E-state index in [2.05, 4.69) is 23.6 Å². The summed E-state index contributed by atoms with van der Waals surface area (Å²) in [4.78, 5) is 26.0. The molecule has 5 N–H and O–H groups in total. The van der Waals surface area contributed by atoms with E-state index in [0.29, 0.717) is 42.6 Å². The fourth-order valence-corrected chi connectivity index (χ4v) is 4.67. The minimum Gasteiger partial charge on any atom is -0.456 e. The number of hydrogen-bond donors (Lipinski definition) is 4. The molecule has 3 aromatic rings. The van der Waals surface area contributed by atoms with Gasteiger partial charge in [0.1, 0.15) is 17.7 Å². The lowest BCUT2D eigenvalue weighted by atomic mass is 10.0. The van der Waals surface area contributed by atoms with Crippen molar-refractivity contribution in [3.63, 3.8) is 0 Å². The molecule has 0 radical (unpaired) electrons. The molecule has 3 rings (SSSR count). The Labute approximate surface area is 246 Å². The zero-order valence-corrected chi connectivity index (χ0v) is 24.5. The van der Waals surface area contributed by atoms with Gasteiger partial charge in [-0.15, -0.1) is 0 Å². The number of nitrogens with two attached hydrogens (primary N) is 1. The summed E-state index contributed by atoms with van der Waals surface area (Å²) in [5, 5.41) is 15.5. The van der Waals surface area contributed by atoms with Gasteiger partial charge in [0.2, 0.25) is 0 Å². The van der Waals surface area contributed by atoms with Crippen LogP contribution in [0.25, 0.3) is 0 Å². The number of hydrogen-bond acceptors (Lipinski definition) is 6. The summed E-state index contributed by atoms with van der Waals surface area (Å²) in [5.41, 5.74) is 10.3. The van der Waals surface area contributed by atoms with Crippen molar-refractivity contribution in [1.82, 2.24) is 10.6 Å². The predicted octanol–water partition coefficient (Wildman–Crippen LogP) is 4.61. The first-order valence-corrected chi connectivity index (χ1v) is 14.3. The third kappa shape index (κ3) is 10.6. The van der Waals surface area contributed by atoms with Crippen LogP contribution >= 0.6 is 0 Å². The fraction of sp³-hybridized carbons (Fsp3) is 0.394. The van der Waals surface area contributed by atoms with Gasteiger partial charge in [0.15, 0.2) is 0 Å². The zero-order chi connectivity index (χ0) is 30.6. The van der Waals surface area contributed by atoms with Crippen LogP contribution < -0.4 is 16.4 Å². The van der Waals surface area contributed by atoms with Crippen molar-refractivity contribution >= 4 is 11.9 Å². The van der Waals surface area contributed by atoms with Crippen LogP contribution in [0.2, 0.25) is 0 Å². The largest absolute Gasteiger partial charge is 0.456 e. The first-order chi connectivity index (χ1) is 20.0. The maximum absolute atomic E-state index is 13.8. The molecule has 0 aliphatic heterocycles. The molecule has 0 aliphatic rings. The molecule has 0 bridgehead atoms. The molecule has 0 saturated carbocycles. The van der Waals surface area contributed by atoms with Crippen LogP contribution in [0, 0.1) is 18.6 Å². The maximum atomic E-state index is 13.8. The van der Waals surface area contributed by atoms with Crippen LogP contribution in [0.3, 0.4) is 0 Å². The third-order valence-electron chi connectivity index (χ3n) is 6.86. The van der Waals surface area contributed by atoms with Crippen LogP contribution in [0.15, 0.2) is 60.7 Å².